The van der Waals surface area contributed by atoms with Gasteiger partial charge < -0.3 is 25.6 Å². The molecule has 0 radical (unpaired) electrons. The van der Waals surface area contributed by atoms with E-state index in [0.29, 0.717) is 38.5 Å². The van der Waals surface area contributed by atoms with Crippen LogP contribution in [0.25, 0.3) is 0 Å². The summed E-state index contributed by atoms with van der Waals surface area (Å²) in [6, 6.07) is -0.232. The molecular weight excluding hydrogens is 486 g/mol. The van der Waals surface area contributed by atoms with Gasteiger partial charge in [-0.15, -0.1) is 0 Å². The van der Waals surface area contributed by atoms with Gasteiger partial charge in [0.25, 0.3) is 0 Å². The Morgan fingerprint density at radius 1 is 1.18 bits per heavy atom. The van der Waals surface area contributed by atoms with Crippen LogP contribution in [0.1, 0.15) is 52.9 Å². The monoisotopic (exact) mass is 525 g/mol. The Bertz CT molecular complexity index is 1050. The van der Waals surface area contributed by atoms with Crippen LogP contribution >= 0.6 is 0 Å². The Labute approximate surface area is 223 Å². The zero-order valence-electron chi connectivity index (χ0n) is 22.4. The highest BCUT2D eigenvalue weighted by molar-refractivity contribution is 5.94. The Balaban J connectivity index is 1.37. The SMILES string of the molecule is CC(C)(C)[C@H](NC(=O)[C@H]1CCCO1)C(=O)N1C[C@H]2[C@@H]([C@H]1C(=O)N[C@H](C#N)C[C@@H]1CCNC1=O)[C@H]1C=C[C@@H]2C1. The second-order valence-electron chi connectivity index (χ2n) is 12.6. The first-order valence-electron chi connectivity index (χ1n) is 14.0. The molecule has 38 heavy (non-hydrogen) atoms. The van der Waals surface area contributed by atoms with Gasteiger partial charge in [-0.25, -0.2) is 0 Å². The molecule has 10 nitrogen and oxygen atoms in total. The maximum atomic E-state index is 14.2. The first-order valence-corrected chi connectivity index (χ1v) is 14.0. The van der Waals surface area contributed by atoms with Crippen molar-refractivity contribution in [2.75, 3.05) is 19.7 Å². The van der Waals surface area contributed by atoms with E-state index >= 15 is 0 Å². The number of rotatable bonds is 7. The smallest absolute Gasteiger partial charge is 0.249 e. The number of hydrogen-bond acceptors (Lipinski definition) is 6. The highest BCUT2D eigenvalue weighted by atomic mass is 16.5. The van der Waals surface area contributed by atoms with E-state index in [9.17, 15) is 24.4 Å². The molecule has 4 fully saturated rings. The zero-order valence-corrected chi connectivity index (χ0v) is 22.4. The van der Waals surface area contributed by atoms with E-state index in [1.807, 2.05) is 20.8 Å². The van der Waals surface area contributed by atoms with E-state index in [1.165, 1.54) is 0 Å². The molecular formula is C28H39N5O5. The highest BCUT2D eigenvalue weighted by Gasteiger charge is 2.59. The van der Waals surface area contributed by atoms with Crippen LogP contribution in [0.5, 0.6) is 0 Å². The third-order valence-corrected chi connectivity index (χ3v) is 9.13. The summed E-state index contributed by atoms with van der Waals surface area (Å²) in [5.74, 6) is -0.661. The van der Waals surface area contributed by atoms with Gasteiger partial charge >= 0.3 is 0 Å². The molecule has 3 saturated heterocycles. The topological polar surface area (TPSA) is 141 Å². The lowest BCUT2D eigenvalue weighted by Gasteiger charge is -2.37. The molecule has 3 aliphatic heterocycles. The van der Waals surface area contributed by atoms with Gasteiger partial charge in [0.15, 0.2) is 0 Å². The number of fused-ring (bicyclic) bond motifs is 5. The fourth-order valence-electron chi connectivity index (χ4n) is 7.17. The van der Waals surface area contributed by atoms with Gasteiger partial charge in [0.05, 0.1) is 6.07 Å². The van der Waals surface area contributed by atoms with Crippen molar-refractivity contribution in [1.82, 2.24) is 20.9 Å². The maximum absolute atomic E-state index is 14.2. The Morgan fingerprint density at radius 2 is 1.95 bits per heavy atom. The summed E-state index contributed by atoms with van der Waals surface area (Å²) < 4.78 is 5.54. The van der Waals surface area contributed by atoms with Gasteiger partial charge in [-0.3, -0.25) is 19.2 Å². The minimum atomic E-state index is -0.826. The minimum absolute atomic E-state index is 0.0300. The number of allylic oxidation sites excluding steroid dienone is 2. The maximum Gasteiger partial charge on any atom is 0.249 e. The van der Waals surface area contributed by atoms with Crippen LogP contribution in [0.2, 0.25) is 0 Å². The van der Waals surface area contributed by atoms with E-state index in [1.54, 1.807) is 4.90 Å². The van der Waals surface area contributed by atoms with Gasteiger partial charge in [-0.1, -0.05) is 32.9 Å². The van der Waals surface area contributed by atoms with Gasteiger partial charge in [0.2, 0.25) is 23.6 Å². The number of nitriles is 1. The second kappa shape index (κ2) is 10.3. The van der Waals surface area contributed by atoms with Crippen molar-refractivity contribution < 1.29 is 23.9 Å². The average Bonchev–Trinajstić information content (AvgIpc) is 3.68. The molecule has 1 saturated carbocycles. The zero-order chi connectivity index (χ0) is 27.2. The van der Waals surface area contributed by atoms with E-state index in [2.05, 4.69) is 34.2 Å². The standard InChI is InChI=1S/C28H39N5O5/c1-28(2,3)23(32-25(35)20-5-4-10-38-20)27(37)33-14-19-15-6-7-16(11-15)21(19)22(33)26(36)31-18(13-29)12-17-8-9-30-24(17)34/h6-7,15-23H,4-5,8-12,14H2,1-3H3,(H,30,34)(H,31,36)(H,32,35)/t15-,16+,17+,18+,19-,20-,21+,22+,23-/m1/s1. The Hall–Kier alpha value is -2.93. The van der Waals surface area contributed by atoms with Gasteiger partial charge in [0, 0.05) is 25.6 Å². The molecule has 4 amide bonds. The normalized spacial score (nSPS) is 34.9. The van der Waals surface area contributed by atoms with Crippen molar-refractivity contribution in [2.45, 2.75) is 77.1 Å². The van der Waals surface area contributed by atoms with Crippen molar-refractivity contribution >= 4 is 23.6 Å². The van der Waals surface area contributed by atoms with Crippen molar-refractivity contribution in [1.29, 1.82) is 5.26 Å². The van der Waals surface area contributed by atoms with Crippen LogP contribution in [-0.4, -0.2) is 72.5 Å². The highest BCUT2D eigenvalue weighted by Crippen LogP contribution is 2.54. The summed E-state index contributed by atoms with van der Waals surface area (Å²) in [5.41, 5.74) is -0.591. The molecule has 2 aliphatic carbocycles. The predicted molar refractivity (Wildman–Crippen MR) is 137 cm³/mol. The third kappa shape index (κ3) is 4.93. The number of amides is 4. The Morgan fingerprint density at radius 3 is 2.58 bits per heavy atom. The van der Waals surface area contributed by atoms with E-state index in [4.69, 9.17) is 4.74 Å². The quantitative estimate of drug-likeness (QED) is 0.422. The number of ether oxygens (including phenoxy) is 1. The lowest BCUT2D eigenvalue weighted by molar-refractivity contribution is -0.146. The van der Waals surface area contributed by atoms with Crippen LogP contribution in [-0.2, 0) is 23.9 Å². The molecule has 0 spiro atoms. The van der Waals surface area contributed by atoms with E-state index in [-0.39, 0.29) is 53.7 Å². The summed E-state index contributed by atoms with van der Waals surface area (Å²) in [7, 11) is 0. The van der Waals surface area contributed by atoms with Crippen molar-refractivity contribution in [2.24, 2.45) is 35.0 Å². The summed E-state index contributed by atoms with van der Waals surface area (Å²) in [4.78, 5) is 54.6. The summed E-state index contributed by atoms with van der Waals surface area (Å²) >= 11 is 0. The largest absolute Gasteiger partial charge is 0.368 e. The Kier molecular flexibility index (Phi) is 7.25. The van der Waals surface area contributed by atoms with Crippen LogP contribution in [0, 0.1) is 46.3 Å². The predicted octanol–water partition coefficient (Wildman–Crippen LogP) is 0.880. The van der Waals surface area contributed by atoms with Crippen LogP contribution in [0.4, 0.5) is 0 Å². The van der Waals surface area contributed by atoms with Gasteiger partial charge in [0.1, 0.15) is 24.2 Å². The summed E-state index contributed by atoms with van der Waals surface area (Å²) in [5, 5.41) is 18.4. The molecule has 0 unspecified atom stereocenters. The summed E-state index contributed by atoms with van der Waals surface area (Å²) in [6.07, 6.45) is 7.09. The molecule has 5 rings (SSSR count). The van der Waals surface area contributed by atoms with Crippen LogP contribution in [0.3, 0.4) is 0 Å². The van der Waals surface area contributed by atoms with Crippen molar-refractivity contribution in [3.8, 4) is 6.07 Å². The molecule has 206 valence electrons. The minimum Gasteiger partial charge on any atom is -0.368 e. The number of nitrogens with zero attached hydrogens (tertiary/aromatic N) is 2. The van der Waals surface area contributed by atoms with Crippen molar-refractivity contribution in [3.63, 3.8) is 0 Å². The molecule has 0 aromatic heterocycles. The molecule has 3 N–H and O–H groups in total. The molecule has 9 atom stereocenters. The van der Waals surface area contributed by atoms with Crippen LogP contribution in [0.15, 0.2) is 12.2 Å². The average molecular weight is 526 g/mol. The molecule has 0 aromatic rings. The lowest BCUT2D eigenvalue weighted by atomic mass is 9.81. The van der Waals surface area contributed by atoms with Crippen LogP contribution < -0.4 is 16.0 Å². The number of carbonyl (C=O) groups excluding carboxylic acids is 4. The molecule has 10 heteroatoms. The molecule has 0 aromatic carbocycles. The molecule has 5 aliphatic rings. The number of nitrogens with one attached hydrogen (secondary N) is 3. The number of carbonyl (C=O) groups is 4. The van der Waals surface area contributed by atoms with Gasteiger partial charge in [-0.05, 0) is 61.2 Å². The molecule has 3 heterocycles. The number of hydrogen-bond donors (Lipinski definition) is 3. The van der Waals surface area contributed by atoms with Crippen molar-refractivity contribution in [3.05, 3.63) is 12.2 Å². The summed E-state index contributed by atoms with van der Waals surface area (Å²) in [6.45, 7) is 7.26. The fraction of sp³-hybridized carbons (Fsp3) is 0.750. The second-order valence-corrected chi connectivity index (χ2v) is 12.6. The fourth-order valence-corrected chi connectivity index (χ4v) is 7.17. The number of likely N-dealkylation sites (tertiary alicyclic amines) is 1. The van der Waals surface area contributed by atoms with E-state index in [0.717, 1.165) is 12.8 Å². The first kappa shape index (κ1) is 26.7. The lowest BCUT2D eigenvalue weighted by Crippen LogP contribution is -2.60. The third-order valence-electron chi connectivity index (χ3n) is 9.13. The molecule has 2 bridgehead atoms. The first-order chi connectivity index (χ1) is 18.1. The van der Waals surface area contributed by atoms with Gasteiger partial charge in [-0.2, -0.15) is 5.26 Å². The van der Waals surface area contributed by atoms with E-state index < -0.39 is 29.6 Å².